The van der Waals surface area contributed by atoms with Gasteiger partial charge in [-0.15, -0.1) is 11.3 Å². The van der Waals surface area contributed by atoms with E-state index in [0.29, 0.717) is 52.8 Å². The first-order valence-electron chi connectivity index (χ1n) is 10.8. The van der Waals surface area contributed by atoms with Gasteiger partial charge in [-0.25, -0.2) is 15.1 Å². The number of thiophene rings is 1. The summed E-state index contributed by atoms with van der Waals surface area (Å²) in [5.74, 6) is 0.141. The maximum absolute atomic E-state index is 13.2. The number of aliphatic hydroxyl groups excluding tert-OH is 1. The Balaban J connectivity index is 1.40. The Bertz CT molecular complexity index is 1280. The van der Waals surface area contributed by atoms with Crippen molar-refractivity contribution < 1.29 is 27.2 Å². The lowest BCUT2D eigenvalue weighted by molar-refractivity contribution is 0.100. The molecule has 0 radical (unpaired) electrons. The fourth-order valence-corrected chi connectivity index (χ4v) is 5.47. The summed E-state index contributed by atoms with van der Waals surface area (Å²) in [4.78, 5) is 22.1. The van der Waals surface area contributed by atoms with Crippen molar-refractivity contribution in [2.45, 2.75) is 32.0 Å². The highest BCUT2D eigenvalue weighted by molar-refractivity contribution is 7.84. The molecule has 2 aromatic heterocycles. The molecule has 0 bridgehead atoms. The predicted octanol–water partition coefficient (Wildman–Crippen LogP) is 3.15. The van der Waals surface area contributed by atoms with Gasteiger partial charge in [-0.05, 0) is 60.9 Å². The van der Waals surface area contributed by atoms with Gasteiger partial charge < -0.3 is 9.84 Å². The summed E-state index contributed by atoms with van der Waals surface area (Å²) >= 11 is 7.21. The molecule has 3 aromatic rings. The summed E-state index contributed by atoms with van der Waals surface area (Å²) in [5.41, 5.74) is 1.85. The molecule has 4 rings (SSSR count). The van der Waals surface area contributed by atoms with Gasteiger partial charge in [0.25, 0.3) is 0 Å². The number of ether oxygens (including phenoxy) is 1. The molecule has 9 nitrogen and oxygen atoms in total. The van der Waals surface area contributed by atoms with Crippen LogP contribution in [0.15, 0.2) is 48.2 Å². The third-order valence-electron chi connectivity index (χ3n) is 5.82. The number of aromatic nitrogens is 2. The van der Waals surface area contributed by atoms with Gasteiger partial charge in [-0.1, -0.05) is 11.6 Å². The smallest absolute Gasteiger partial charge is 0.333 e. The van der Waals surface area contributed by atoms with Gasteiger partial charge in [0.1, 0.15) is 18.7 Å². The second-order valence-corrected chi connectivity index (χ2v) is 11.0. The summed E-state index contributed by atoms with van der Waals surface area (Å²) in [6.07, 6.45) is 3.59. The number of carbonyl (C=O) groups is 1. The van der Waals surface area contributed by atoms with Crippen LogP contribution in [0.3, 0.4) is 0 Å². The van der Waals surface area contributed by atoms with Crippen molar-refractivity contribution >= 4 is 39.0 Å². The minimum Gasteiger partial charge on any atom is -0.489 e. The Labute approximate surface area is 212 Å². The largest absolute Gasteiger partial charge is 0.489 e. The zero-order chi connectivity index (χ0) is 25.0. The zero-order valence-corrected chi connectivity index (χ0v) is 20.9. The molecule has 3 atom stereocenters. The van der Waals surface area contributed by atoms with E-state index in [1.807, 2.05) is 5.38 Å². The molecular formula is C23H24ClN3O6S2. The Morgan fingerprint density at radius 3 is 2.77 bits per heavy atom. The van der Waals surface area contributed by atoms with Crippen molar-refractivity contribution in [1.29, 1.82) is 0 Å². The van der Waals surface area contributed by atoms with Crippen LogP contribution in [0.1, 0.15) is 39.3 Å². The first-order chi connectivity index (χ1) is 16.7. The van der Waals surface area contributed by atoms with Crippen LogP contribution >= 0.6 is 22.9 Å². The van der Waals surface area contributed by atoms with Gasteiger partial charge in [0.15, 0.2) is 0 Å². The van der Waals surface area contributed by atoms with E-state index >= 15 is 0 Å². The molecule has 0 unspecified atom stereocenters. The van der Waals surface area contributed by atoms with E-state index in [2.05, 4.69) is 14.2 Å². The SMILES string of the molecule is NS(=O)(=O)OC[C@H]1C[C@@H](Cc2ncncc2C(=O)c2cc(COc3ccc(Cl)cc3)cs2)C[C@@H]1O. The number of halogens is 1. The normalized spacial score (nSPS) is 20.1. The Kier molecular flexibility index (Phi) is 8.15. The van der Waals surface area contributed by atoms with Crippen molar-refractivity contribution in [1.82, 2.24) is 9.97 Å². The van der Waals surface area contributed by atoms with Crippen LogP contribution in [0.5, 0.6) is 5.75 Å². The molecular weight excluding hydrogens is 514 g/mol. The Hall–Kier alpha value is -2.41. The second kappa shape index (κ2) is 11.1. The van der Waals surface area contributed by atoms with Crippen LogP contribution in [0.25, 0.3) is 0 Å². The van der Waals surface area contributed by atoms with Gasteiger partial charge in [0.05, 0.1) is 28.8 Å². The van der Waals surface area contributed by atoms with E-state index < -0.39 is 16.4 Å². The number of nitrogens with zero attached hydrogens (tertiary/aromatic N) is 2. The number of hydrogen-bond donors (Lipinski definition) is 2. The maximum Gasteiger partial charge on any atom is 0.333 e. The fraction of sp³-hybridized carbons (Fsp3) is 0.348. The fourth-order valence-electron chi connectivity index (χ4n) is 4.12. The van der Waals surface area contributed by atoms with Crippen molar-refractivity contribution in [2.24, 2.45) is 17.0 Å². The first-order valence-corrected chi connectivity index (χ1v) is 13.6. The van der Waals surface area contributed by atoms with Crippen LogP contribution in [0, 0.1) is 11.8 Å². The molecule has 3 N–H and O–H groups in total. The quantitative estimate of drug-likeness (QED) is 0.376. The number of hydrogen-bond acceptors (Lipinski definition) is 9. The van der Waals surface area contributed by atoms with Crippen molar-refractivity contribution in [3.63, 3.8) is 0 Å². The standard InChI is InChI=1S/C23H24ClN3O6S2/c24-17-1-3-18(4-2-17)32-10-15-8-22(34-12-15)23(29)19-9-26-13-27-20(19)6-14-5-16(21(28)7-14)11-33-35(25,30)31/h1-4,8-9,12-14,16,21,28H,5-7,10-11H2,(H2,25,30,31)/t14-,16+,21-/m0/s1. The second-order valence-electron chi connectivity index (χ2n) is 8.42. The molecule has 1 fully saturated rings. The monoisotopic (exact) mass is 537 g/mol. The minimum atomic E-state index is -4.07. The van der Waals surface area contributed by atoms with E-state index in [-0.39, 0.29) is 24.2 Å². The number of rotatable bonds is 10. The summed E-state index contributed by atoms with van der Waals surface area (Å²) in [6.45, 7) is 0.133. The molecule has 1 saturated carbocycles. The number of benzene rings is 1. The van der Waals surface area contributed by atoms with E-state index in [1.165, 1.54) is 23.9 Å². The molecule has 1 aliphatic rings. The van der Waals surface area contributed by atoms with Crippen LogP contribution in [-0.4, -0.2) is 42.0 Å². The van der Waals surface area contributed by atoms with Gasteiger partial charge >= 0.3 is 10.3 Å². The number of aliphatic hydroxyl groups is 1. The van der Waals surface area contributed by atoms with Crippen molar-refractivity contribution in [3.8, 4) is 5.75 Å². The van der Waals surface area contributed by atoms with Crippen molar-refractivity contribution in [2.75, 3.05) is 6.61 Å². The lowest BCUT2D eigenvalue weighted by atomic mass is 9.96. The maximum atomic E-state index is 13.2. The van der Waals surface area contributed by atoms with E-state index in [0.717, 1.165) is 5.56 Å². The summed E-state index contributed by atoms with van der Waals surface area (Å²) in [6, 6.07) is 8.84. The summed E-state index contributed by atoms with van der Waals surface area (Å²) in [5, 5.41) is 17.7. The Morgan fingerprint density at radius 1 is 1.26 bits per heavy atom. The number of carbonyl (C=O) groups excluding carboxylic acids is 1. The van der Waals surface area contributed by atoms with E-state index in [1.54, 1.807) is 30.3 Å². The molecule has 0 spiro atoms. The molecule has 12 heteroatoms. The van der Waals surface area contributed by atoms with Gasteiger partial charge in [0, 0.05) is 22.7 Å². The van der Waals surface area contributed by atoms with Crippen LogP contribution in [0.2, 0.25) is 5.02 Å². The van der Waals surface area contributed by atoms with Gasteiger partial charge in [-0.3, -0.25) is 8.98 Å². The third kappa shape index (κ3) is 7.06. The van der Waals surface area contributed by atoms with E-state index in [9.17, 15) is 18.3 Å². The molecule has 1 aromatic carbocycles. The first kappa shape index (κ1) is 25.7. The predicted molar refractivity (Wildman–Crippen MR) is 131 cm³/mol. The topological polar surface area (TPSA) is 142 Å². The summed E-state index contributed by atoms with van der Waals surface area (Å²) < 4.78 is 32.5. The lowest BCUT2D eigenvalue weighted by Crippen LogP contribution is -2.24. The molecule has 1 aliphatic carbocycles. The van der Waals surface area contributed by atoms with Crippen molar-refractivity contribution in [3.05, 3.63) is 75.0 Å². The van der Waals surface area contributed by atoms with Crippen LogP contribution in [-0.2, 0) is 27.5 Å². The summed E-state index contributed by atoms with van der Waals surface area (Å²) in [7, 11) is -4.07. The highest BCUT2D eigenvalue weighted by Gasteiger charge is 2.35. The molecule has 2 heterocycles. The highest BCUT2D eigenvalue weighted by Crippen LogP contribution is 2.34. The Morgan fingerprint density at radius 2 is 2.03 bits per heavy atom. The molecule has 0 amide bonds. The molecule has 0 saturated heterocycles. The lowest BCUT2D eigenvalue weighted by Gasteiger charge is -2.13. The zero-order valence-electron chi connectivity index (χ0n) is 18.5. The molecule has 0 aliphatic heterocycles. The number of nitrogens with two attached hydrogens (primary N) is 1. The highest BCUT2D eigenvalue weighted by atomic mass is 35.5. The van der Waals surface area contributed by atoms with Gasteiger partial charge in [-0.2, -0.15) is 8.42 Å². The van der Waals surface area contributed by atoms with E-state index in [4.69, 9.17) is 21.5 Å². The van der Waals surface area contributed by atoms with Crippen LogP contribution in [0.4, 0.5) is 0 Å². The average molecular weight is 538 g/mol. The molecule has 35 heavy (non-hydrogen) atoms. The van der Waals surface area contributed by atoms with Gasteiger partial charge in [0.2, 0.25) is 5.78 Å². The third-order valence-corrected chi connectivity index (χ3v) is 7.51. The molecule has 186 valence electrons. The average Bonchev–Trinajstić information content (AvgIpc) is 3.43. The number of ketones is 1. The van der Waals surface area contributed by atoms with Crippen LogP contribution < -0.4 is 9.88 Å². The minimum absolute atomic E-state index is 0.00667.